The molecule has 0 spiro atoms. The third kappa shape index (κ3) is 4.00. The molecule has 170 valence electrons. The highest BCUT2D eigenvalue weighted by Gasteiger charge is 2.11. The molecule has 0 aliphatic heterocycles. The molecule has 0 saturated heterocycles. The van der Waals surface area contributed by atoms with Crippen LogP contribution >= 0.6 is 0 Å². The van der Waals surface area contributed by atoms with E-state index in [0.29, 0.717) is 5.56 Å². The SMILES string of the molecule is Fc1ccc(-c2ccc(CCc3ccc(-n4c5ccccc5c5ccccc54)cc3)cc2)c(F)c1. The first-order valence-corrected chi connectivity index (χ1v) is 11.8. The number of aromatic nitrogens is 1. The number of para-hydroxylation sites is 2. The first-order chi connectivity index (χ1) is 17.2. The molecular formula is C32H23F2N. The maximum Gasteiger partial charge on any atom is 0.133 e. The largest absolute Gasteiger partial charge is 0.309 e. The van der Waals surface area contributed by atoms with Crippen LogP contribution in [0, 0.1) is 11.6 Å². The molecular weight excluding hydrogens is 436 g/mol. The highest BCUT2D eigenvalue weighted by molar-refractivity contribution is 6.09. The smallest absolute Gasteiger partial charge is 0.133 e. The molecule has 0 bridgehead atoms. The first-order valence-electron chi connectivity index (χ1n) is 11.8. The molecule has 0 aliphatic carbocycles. The van der Waals surface area contributed by atoms with Gasteiger partial charge in [0.05, 0.1) is 11.0 Å². The zero-order valence-corrected chi connectivity index (χ0v) is 19.1. The van der Waals surface area contributed by atoms with Gasteiger partial charge in [0.25, 0.3) is 0 Å². The van der Waals surface area contributed by atoms with E-state index in [2.05, 4.69) is 77.4 Å². The van der Waals surface area contributed by atoms with Crippen molar-refractivity contribution in [2.24, 2.45) is 0 Å². The lowest BCUT2D eigenvalue weighted by atomic mass is 10.00. The molecule has 1 nitrogen and oxygen atoms in total. The summed E-state index contributed by atoms with van der Waals surface area (Å²) in [5, 5.41) is 2.52. The second kappa shape index (κ2) is 8.84. The molecule has 1 heterocycles. The maximum atomic E-state index is 14.1. The van der Waals surface area contributed by atoms with Gasteiger partial charge >= 0.3 is 0 Å². The van der Waals surface area contributed by atoms with E-state index < -0.39 is 11.6 Å². The van der Waals surface area contributed by atoms with E-state index in [9.17, 15) is 8.78 Å². The predicted octanol–water partition coefficient (Wildman–Crippen LogP) is 8.51. The average Bonchev–Trinajstić information content (AvgIpc) is 3.23. The fourth-order valence-corrected chi connectivity index (χ4v) is 4.88. The summed E-state index contributed by atoms with van der Waals surface area (Å²) in [7, 11) is 0. The predicted molar refractivity (Wildman–Crippen MR) is 140 cm³/mol. The molecule has 0 amide bonds. The molecule has 0 N–H and O–H groups in total. The van der Waals surface area contributed by atoms with Crippen LogP contribution < -0.4 is 0 Å². The minimum absolute atomic E-state index is 0.415. The van der Waals surface area contributed by atoms with Crippen LogP contribution in [0.4, 0.5) is 8.78 Å². The summed E-state index contributed by atoms with van der Waals surface area (Å²) in [5.41, 5.74) is 7.18. The van der Waals surface area contributed by atoms with Crippen LogP contribution in [0.5, 0.6) is 0 Å². The van der Waals surface area contributed by atoms with E-state index in [1.807, 2.05) is 24.3 Å². The molecule has 0 atom stereocenters. The summed E-state index contributed by atoms with van der Waals surface area (Å²) in [5.74, 6) is -1.10. The van der Waals surface area contributed by atoms with Crippen molar-refractivity contribution in [2.75, 3.05) is 0 Å². The van der Waals surface area contributed by atoms with Gasteiger partial charge in [-0.1, -0.05) is 72.8 Å². The Morgan fingerprint density at radius 2 is 1.09 bits per heavy atom. The summed E-state index contributed by atoms with van der Waals surface area (Å²) in [6, 6.07) is 37.3. The van der Waals surface area contributed by atoms with E-state index in [4.69, 9.17) is 0 Å². The van der Waals surface area contributed by atoms with Crippen LogP contribution in [0.3, 0.4) is 0 Å². The van der Waals surface area contributed by atoms with E-state index >= 15 is 0 Å². The van der Waals surface area contributed by atoms with Crippen LogP contribution in [-0.4, -0.2) is 4.57 Å². The van der Waals surface area contributed by atoms with Crippen LogP contribution in [0.2, 0.25) is 0 Å². The van der Waals surface area contributed by atoms with E-state index in [1.54, 1.807) is 0 Å². The van der Waals surface area contributed by atoms with Crippen LogP contribution in [-0.2, 0) is 12.8 Å². The van der Waals surface area contributed by atoms with Gasteiger partial charge in [-0.05, 0) is 65.9 Å². The van der Waals surface area contributed by atoms with Crippen molar-refractivity contribution >= 4 is 21.8 Å². The van der Waals surface area contributed by atoms with Gasteiger partial charge in [-0.15, -0.1) is 0 Å². The minimum atomic E-state index is -0.563. The van der Waals surface area contributed by atoms with Crippen molar-refractivity contribution in [2.45, 2.75) is 12.8 Å². The summed E-state index contributed by atoms with van der Waals surface area (Å²) in [6.07, 6.45) is 1.80. The molecule has 0 aliphatic rings. The number of hydrogen-bond acceptors (Lipinski definition) is 0. The van der Waals surface area contributed by atoms with Crippen molar-refractivity contribution < 1.29 is 8.78 Å². The zero-order chi connectivity index (χ0) is 23.8. The Morgan fingerprint density at radius 1 is 0.543 bits per heavy atom. The van der Waals surface area contributed by atoms with Crippen molar-refractivity contribution in [3.8, 4) is 16.8 Å². The molecule has 1 aromatic heterocycles. The number of halogens is 2. The molecule has 3 heteroatoms. The lowest BCUT2D eigenvalue weighted by Crippen LogP contribution is -1.96. The average molecular weight is 460 g/mol. The second-order valence-electron chi connectivity index (χ2n) is 8.86. The summed E-state index contributed by atoms with van der Waals surface area (Å²) < 4.78 is 29.6. The quantitative estimate of drug-likeness (QED) is 0.243. The fraction of sp³-hybridized carbons (Fsp3) is 0.0625. The highest BCUT2D eigenvalue weighted by atomic mass is 19.1. The minimum Gasteiger partial charge on any atom is -0.309 e. The van der Waals surface area contributed by atoms with Crippen molar-refractivity contribution in [1.29, 1.82) is 0 Å². The van der Waals surface area contributed by atoms with Gasteiger partial charge in [-0.25, -0.2) is 8.78 Å². The Kier molecular flexibility index (Phi) is 5.38. The molecule has 0 saturated carbocycles. The van der Waals surface area contributed by atoms with Crippen LogP contribution in [0.25, 0.3) is 38.6 Å². The Morgan fingerprint density at radius 3 is 1.66 bits per heavy atom. The van der Waals surface area contributed by atoms with E-state index in [-0.39, 0.29) is 0 Å². The summed E-state index contributed by atoms with van der Waals surface area (Å²) >= 11 is 0. The monoisotopic (exact) mass is 459 g/mol. The normalized spacial score (nSPS) is 11.4. The Bertz CT molecular complexity index is 1590. The first kappa shape index (κ1) is 21.3. The topological polar surface area (TPSA) is 4.93 Å². The number of benzene rings is 5. The third-order valence-corrected chi connectivity index (χ3v) is 6.67. The van der Waals surface area contributed by atoms with Crippen molar-refractivity contribution in [1.82, 2.24) is 4.57 Å². The molecule has 5 aromatic carbocycles. The van der Waals surface area contributed by atoms with Gasteiger partial charge in [0.1, 0.15) is 11.6 Å². The molecule has 0 unspecified atom stereocenters. The van der Waals surface area contributed by atoms with Gasteiger partial charge < -0.3 is 4.57 Å². The number of aryl methyl sites for hydroxylation is 2. The van der Waals surface area contributed by atoms with E-state index in [1.165, 1.54) is 45.1 Å². The highest BCUT2D eigenvalue weighted by Crippen LogP contribution is 2.32. The molecule has 35 heavy (non-hydrogen) atoms. The number of fused-ring (bicyclic) bond motifs is 3. The number of nitrogens with zero attached hydrogens (tertiary/aromatic N) is 1. The number of rotatable bonds is 5. The molecule has 6 rings (SSSR count). The fourth-order valence-electron chi connectivity index (χ4n) is 4.88. The Labute approximate surface area is 202 Å². The maximum absolute atomic E-state index is 14.1. The molecule has 0 fully saturated rings. The van der Waals surface area contributed by atoms with Crippen LogP contribution in [0.15, 0.2) is 115 Å². The van der Waals surface area contributed by atoms with Crippen LogP contribution in [0.1, 0.15) is 11.1 Å². The van der Waals surface area contributed by atoms with E-state index in [0.717, 1.165) is 30.2 Å². The summed E-state index contributed by atoms with van der Waals surface area (Å²) in [6.45, 7) is 0. The van der Waals surface area contributed by atoms with Gasteiger partial charge in [0, 0.05) is 28.1 Å². The summed E-state index contributed by atoms with van der Waals surface area (Å²) in [4.78, 5) is 0. The van der Waals surface area contributed by atoms with Crippen molar-refractivity contribution in [3.63, 3.8) is 0 Å². The zero-order valence-electron chi connectivity index (χ0n) is 19.1. The lowest BCUT2D eigenvalue weighted by molar-refractivity contribution is 0.585. The standard InChI is InChI=1S/C32H23F2N/c33-25-17-20-27(30(34)21-25)24-15-11-22(12-16-24)9-10-23-13-18-26(19-14-23)35-31-7-3-1-5-28(31)29-6-2-4-8-32(29)35/h1-8,11-21H,9-10H2. The lowest BCUT2D eigenvalue weighted by Gasteiger charge is -2.10. The second-order valence-corrected chi connectivity index (χ2v) is 8.86. The molecule has 0 radical (unpaired) electrons. The Hall–Kier alpha value is -4.24. The van der Waals surface area contributed by atoms with Gasteiger partial charge in [0.2, 0.25) is 0 Å². The third-order valence-electron chi connectivity index (χ3n) is 6.67. The Balaban J connectivity index is 1.21. The van der Waals surface area contributed by atoms with Gasteiger partial charge in [-0.3, -0.25) is 0 Å². The molecule has 6 aromatic rings. The van der Waals surface area contributed by atoms with Gasteiger partial charge in [0.15, 0.2) is 0 Å². The van der Waals surface area contributed by atoms with Gasteiger partial charge in [-0.2, -0.15) is 0 Å². The number of hydrogen-bond donors (Lipinski definition) is 0. The van der Waals surface area contributed by atoms with Crippen molar-refractivity contribution in [3.05, 3.63) is 138 Å².